The zero-order valence-electron chi connectivity index (χ0n) is 22.5. The summed E-state index contributed by atoms with van der Waals surface area (Å²) in [5, 5.41) is 11.9. The van der Waals surface area contributed by atoms with Crippen molar-refractivity contribution in [1.82, 2.24) is 0 Å². The van der Waals surface area contributed by atoms with Gasteiger partial charge in [-0.1, -0.05) is 23.2 Å². The lowest BCUT2D eigenvalue weighted by Crippen LogP contribution is -2.18. The molecule has 0 aromatic heterocycles. The molecule has 4 unspecified atom stereocenters. The van der Waals surface area contributed by atoms with Crippen LogP contribution in [0.2, 0.25) is 10.0 Å². The SMILES string of the molecule is CCOC(=O)C1CCC(Oc2ccc(Cl)cc2N)C1.CCOC(=O)C1CCC(Oc2ccc(Cl)cc2[N+](=O)[O-])C1. The molecule has 0 aliphatic heterocycles. The van der Waals surface area contributed by atoms with E-state index in [-0.39, 0.29) is 52.4 Å². The van der Waals surface area contributed by atoms with Crippen LogP contribution >= 0.6 is 23.2 Å². The van der Waals surface area contributed by atoms with Crippen LogP contribution in [-0.4, -0.2) is 42.3 Å². The normalized spacial score (nSPS) is 21.6. The average Bonchev–Trinajstić information content (AvgIpc) is 3.57. The zero-order chi connectivity index (χ0) is 29.2. The molecule has 2 saturated carbocycles. The predicted molar refractivity (Wildman–Crippen MR) is 151 cm³/mol. The molecular formula is C28H34Cl2N2O8. The summed E-state index contributed by atoms with van der Waals surface area (Å²) >= 11 is 11.6. The summed E-state index contributed by atoms with van der Waals surface area (Å²) in [7, 11) is 0. The average molecular weight is 597 g/mol. The zero-order valence-corrected chi connectivity index (χ0v) is 24.0. The van der Waals surface area contributed by atoms with Crippen molar-refractivity contribution in [1.29, 1.82) is 0 Å². The van der Waals surface area contributed by atoms with Crippen molar-refractivity contribution in [3.63, 3.8) is 0 Å². The molecule has 10 nitrogen and oxygen atoms in total. The molecule has 0 heterocycles. The van der Waals surface area contributed by atoms with E-state index in [4.69, 9.17) is 47.9 Å². The minimum absolute atomic E-state index is 0.0119. The summed E-state index contributed by atoms with van der Waals surface area (Å²) in [6.07, 6.45) is 3.97. The molecule has 4 atom stereocenters. The van der Waals surface area contributed by atoms with Crippen LogP contribution in [0.1, 0.15) is 52.4 Å². The molecule has 2 aliphatic carbocycles. The maximum absolute atomic E-state index is 11.7. The Morgan fingerprint density at radius 3 is 1.80 bits per heavy atom. The summed E-state index contributed by atoms with van der Waals surface area (Å²) in [6, 6.07) is 9.45. The van der Waals surface area contributed by atoms with Crippen molar-refractivity contribution in [2.45, 2.75) is 64.6 Å². The molecule has 2 fully saturated rings. The van der Waals surface area contributed by atoms with E-state index >= 15 is 0 Å². The first-order chi connectivity index (χ1) is 19.1. The molecule has 40 heavy (non-hydrogen) atoms. The number of halogens is 2. The van der Waals surface area contributed by atoms with Crippen LogP contribution < -0.4 is 15.2 Å². The van der Waals surface area contributed by atoms with Crippen LogP contribution in [0.4, 0.5) is 11.4 Å². The third kappa shape index (κ3) is 8.89. The van der Waals surface area contributed by atoms with Gasteiger partial charge in [-0.3, -0.25) is 19.7 Å². The Morgan fingerprint density at radius 2 is 1.32 bits per heavy atom. The summed E-state index contributed by atoms with van der Waals surface area (Å²) < 4.78 is 21.5. The number of nitro benzene ring substituents is 1. The molecule has 2 aromatic carbocycles. The van der Waals surface area contributed by atoms with Gasteiger partial charge >= 0.3 is 17.6 Å². The number of hydrogen-bond acceptors (Lipinski definition) is 9. The van der Waals surface area contributed by atoms with Gasteiger partial charge in [0.25, 0.3) is 0 Å². The second kappa shape index (κ2) is 14.9. The van der Waals surface area contributed by atoms with Gasteiger partial charge in [0.1, 0.15) is 5.75 Å². The van der Waals surface area contributed by atoms with E-state index in [9.17, 15) is 19.7 Å². The van der Waals surface area contributed by atoms with E-state index in [1.807, 2.05) is 6.92 Å². The Morgan fingerprint density at radius 1 is 0.850 bits per heavy atom. The van der Waals surface area contributed by atoms with E-state index in [2.05, 4.69) is 0 Å². The van der Waals surface area contributed by atoms with Gasteiger partial charge in [-0.25, -0.2) is 0 Å². The van der Waals surface area contributed by atoms with Gasteiger partial charge in [0.05, 0.1) is 47.9 Å². The molecule has 0 spiro atoms. The van der Waals surface area contributed by atoms with Crippen LogP contribution in [0.25, 0.3) is 0 Å². The van der Waals surface area contributed by atoms with Crippen LogP contribution in [0.15, 0.2) is 36.4 Å². The van der Waals surface area contributed by atoms with E-state index in [1.54, 1.807) is 31.2 Å². The second-order valence-electron chi connectivity index (χ2n) is 9.56. The summed E-state index contributed by atoms with van der Waals surface area (Å²) in [4.78, 5) is 33.8. The first-order valence-corrected chi connectivity index (χ1v) is 14.0. The van der Waals surface area contributed by atoms with Crippen molar-refractivity contribution in [2.75, 3.05) is 18.9 Å². The standard InChI is InChI=1S/C14H16ClNO5.C14H18ClNO3/c1-2-20-14(17)9-3-5-11(7-9)21-13-6-4-10(15)8-12(13)16(18)19;1-2-18-14(17)9-3-5-11(7-9)19-13-6-4-10(15)8-12(13)16/h4,6,8-9,11H,2-3,5,7H2,1H3;4,6,8-9,11H,2-3,5,7,16H2,1H3. The van der Waals surface area contributed by atoms with Gasteiger partial charge in [-0.15, -0.1) is 0 Å². The van der Waals surface area contributed by atoms with Crippen molar-refractivity contribution >= 4 is 46.5 Å². The van der Waals surface area contributed by atoms with Crippen LogP contribution in [-0.2, 0) is 19.1 Å². The number of hydrogen-bond donors (Lipinski definition) is 1. The van der Waals surface area contributed by atoms with Gasteiger partial charge < -0.3 is 24.7 Å². The fraction of sp³-hybridized carbons (Fsp3) is 0.500. The minimum Gasteiger partial charge on any atom is -0.488 e. The first-order valence-electron chi connectivity index (χ1n) is 13.3. The number of nitrogens with zero attached hydrogens (tertiary/aromatic N) is 1. The van der Waals surface area contributed by atoms with E-state index in [1.165, 1.54) is 12.1 Å². The number of nitro groups is 1. The number of carbonyl (C=O) groups is 2. The predicted octanol–water partition coefficient (Wildman–Crippen LogP) is 6.39. The fourth-order valence-corrected chi connectivity index (χ4v) is 5.11. The lowest BCUT2D eigenvalue weighted by molar-refractivity contribution is -0.386. The second-order valence-corrected chi connectivity index (χ2v) is 10.4. The lowest BCUT2D eigenvalue weighted by atomic mass is 10.1. The molecule has 0 radical (unpaired) electrons. The molecule has 2 aromatic rings. The number of esters is 2. The highest BCUT2D eigenvalue weighted by Gasteiger charge is 2.34. The summed E-state index contributed by atoms with van der Waals surface area (Å²) in [6.45, 7) is 4.35. The number of rotatable bonds is 9. The van der Waals surface area contributed by atoms with Gasteiger partial charge in [0.15, 0.2) is 5.75 Å². The smallest absolute Gasteiger partial charge is 0.312 e. The molecule has 2 N–H and O–H groups in total. The third-order valence-corrected chi connectivity index (χ3v) is 7.16. The maximum Gasteiger partial charge on any atom is 0.312 e. The van der Waals surface area contributed by atoms with Gasteiger partial charge in [-0.05, 0) is 82.7 Å². The first kappa shape index (κ1) is 31.3. The summed E-state index contributed by atoms with van der Waals surface area (Å²) in [5.74, 6) is 0.199. The Labute approximate surface area is 243 Å². The largest absolute Gasteiger partial charge is 0.488 e. The maximum atomic E-state index is 11.7. The van der Waals surface area contributed by atoms with Crippen LogP contribution in [0.5, 0.6) is 11.5 Å². The number of carbonyl (C=O) groups excluding carboxylic acids is 2. The Bertz CT molecular complexity index is 1190. The fourth-order valence-electron chi connectivity index (χ4n) is 4.76. The lowest BCUT2D eigenvalue weighted by Gasteiger charge is -2.15. The van der Waals surface area contributed by atoms with Crippen LogP contribution in [0.3, 0.4) is 0 Å². The number of benzene rings is 2. The quantitative estimate of drug-likeness (QED) is 0.151. The van der Waals surface area contributed by atoms with Gasteiger partial charge in [0, 0.05) is 16.1 Å². The molecule has 0 bridgehead atoms. The molecule has 2 aliphatic rings. The summed E-state index contributed by atoms with van der Waals surface area (Å²) in [5.41, 5.74) is 6.20. The van der Waals surface area contributed by atoms with E-state index < -0.39 is 4.92 Å². The molecular weight excluding hydrogens is 563 g/mol. The Kier molecular flexibility index (Phi) is 11.7. The van der Waals surface area contributed by atoms with Gasteiger partial charge in [-0.2, -0.15) is 0 Å². The van der Waals surface area contributed by atoms with Crippen molar-refractivity contribution in [2.24, 2.45) is 11.8 Å². The molecule has 218 valence electrons. The van der Waals surface area contributed by atoms with Crippen molar-refractivity contribution in [3.8, 4) is 11.5 Å². The monoisotopic (exact) mass is 596 g/mol. The Hall–Kier alpha value is -3.24. The number of anilines is 1. The number of nitrogens with two attached hydrogens (primary N) is 1. The molecule has 0 saturated heterocycles. The molecule has 4 rings (SSSR count). The molecule has 0 amide bonds. The van der Waals surface area contributed by atoms with E-state index in [0.717, 1.165) is 12.8 Å². The van der Waals surface area contributed by atoms with E-state index in [0.29, 0.717) is 55.4 Å². The molecule has 12 heteroatoms. The number of nitrogen functional groups attached to an aromatic ring is 1. The Balaban J connectivity index is 0.000000222. The highest BCUT2D eigenvalue weighted by atomic mass is 35.5. The van der Waals surface area contributed by atoms with Crippen molar-refractivity contribution < 1.29 is 33.5 Å². The van der Waals surface area contributed by atoms with Crippen molar-refractivity contribution in [3.05, 3.63) is 56.6 Å². The van der Waals surface area contributed by atoms with Crippen LogP contribution in [0, 0.1) is 22.0 Å². The van der Waals surface area contributed by atoms with Gasteiger partial charge in [0.2, 0.25) is 0 Å². The number of ether oxygens (including phenoxy) is 4. The topological polar surface area (TPSA) is 140 Å². The third-order valence-electron chi connectivity index (χ3n) is 6.69. The highest BCUT2D eigenvalue weighted by molar-refractivity contribution is 6.31. The highest BCUT2D eigenvalue weighted by Crippen LogP contribution is 2.36. The minimum atomic E-state index is -0.529.